The van der Waals surface area contributed by atoms with Crippen LogP contribution in [0.4, 0.5) is 4.39 Å². The van der Waals surface area contributed by atoms with Gasteiger partial charge in [0.2, 0.25) is 0 Å². The van der Waals surface area contributed by atoms with Crippen LogP contribution in [0, 0.1) is 16.3 Å². The number of carbonyl (C=O) groups excluding carboxylic acids is 1. The summed E-state index contributed by atoms with van der Waals surface area (Å²) in [5, 5.41) is 9.33. The van der Waals surface area contributed by atoms with Crippen LogP contribution >= 0.6 is 33.9 Å². The van der Waals surface area contributed by atoms with Crippen molar-refractivity contribution >= 4 is 45.7 Å². The fourth-order valence-electron chi connectivity index (χ4n) is 2.15. The van der Waals surface area contributed by atoms with Crippen molar-refractivity contribution < 1.29 is 19.1 Å². The van der Waals surface area contributed by atoms with Crippen molar-refractivity contribution in [2.75, 3.05) is 0 Å². The van der Waals surface area contributed by atoms with Crippen molar-refractivity contribution in [3.8, 4) is 0 Å². The number of aromatic carboxylic acids is 1. The third-order valence-corrected chi connectivity index (χ3v) is 5.18. The molecule has 0 spiro atoms. The van der Waals surface area contributed by atoms with Crippen LogP contribution in [0.1, 0.15) is 43.0 Å². The first-order chi connectivity index (χ1) is 9.81. The number of carboxylic acid groups (broad SMARTS) is 1. The molecule has 1 heterocycles. The molecule has 0 aliphatic heterocycles. The lowest BCUT2D eigenvalue weighted by Gasteiger charge is -2.04. The van der Waals surface area contributed by atoms with Crippen LogP contribution in [-0.2, 0) is 6.42 Å². The van der Waals surface area contributed by atoms with Gasteiger partial charge in [-0.05, 0) is 59.7 Å². The molecule has 0 unspecified atom stereocenters. The summed E-state index contributed by atoms with van der Waals surface area (Å²) in [5.74, 6) is -1.62. The Balaban J connectivity index is 2.51. The molecule has 0 saturated carbocycles. The van der Waals surface area contributed by atoms with Crippen molar-refractivity contribution in [3.63, 3.8) is 0 Å². The van der Waals surface area contributed by atoms with Gasteiger partial charge in [0.25, 0.3) is 0 Å². The summed E-state index contributed by atoms with van der Waals surface area (Å²) in [4.78, 5) is 23.9. The zero-order valence-electron chi connectivity index (χ0n) is 11.4. The molecular weight excluding hydrogens is 406 g/mol. The van der Waals surface area contributed by atoms with Crippen LogP contribution < -0.4 is 0 Å². The minimum atomic E-state index is -1.09. The number of benzene rings is 1. The summed E-state index contributed by atoms with van der Waals surface area (Å²) in [6.07, 6.45) is 0.170. The quantitative estimate of drug-likeness (QED) is 0.596. The van der Waals surface area contributed by atoms with Gasteiger partial charge in [-0.3, -0.25) is 4.79 Å². The average Bonchev–Trinajstić information content (AvgIpc) is 2.70. The van der Waals surface area contributed by atoms with Crippen molar-refractivity contribution in [3.05, 3.63) is 54.0 Å². The number of carbonyl (C=O) groups is 2. The molecule has 21 heavy (non-hydrogen) atoms. The molecular formula is C15H12FIO3S. The summed E-state index contributed by atoms with van der Waals surface area (Å²) in [7, 11) is 0. The topological polar surface area (TPSA) is 54.4 Å². The van der Waals surface area contributed by atoms with Crippen molar-refractivity contribution in [1.82, 2.24) is 0 Å². The van der Waals surface area contributed by atoms with E-state index in [2.05, 4.69) is 0 Å². The second-order valence-corrected chi connectivity index (χ2v) is 6.98. The number of ketones is 1. The van der Waals surface area contributed by atoms with Gasteiger partial charge in [-0.25, -0.2) is 9.18 Å². The molecule has 2 rings (SSSR count). The van der Waals surface area contributed by atoms with Gasteiger partial charge in [0.1, 0.15) is 5.82 Å². The Hall–Kier alpha value is -1.28. The molecule has 0 radical (unpaired) electrons. The Bertz CT molecular complexity index is 737. The molecule has 0 fully saturated rings. The SMILES string of the molecule is CC(=O)c1sc(Cc2ccc(I)cc2F)c(C(=O)O)c1C. The molecule has 0 amide bonds. The second-order valence-electron chi connectivity index (χ2n) is 4.63. The van der Waals surface area contributed by atoms with Gasteiger partial charge < -0.3 is 5.11 Å². The van der Waals surface area contributed by atoms with E-state index in [0.717, 1.165) is 14.9 Å². The molecule has 0 aliphatic rings. The van der Waals surface area contributed by atoms with Gasteiger partial charge in [0.05, 0.1) is 10.4 Å². The molecule has 2 aromatic rings. The predicted octanol–water partition coefficient (Wildman–Crippen LogP) is 4.29. The Kier molecular flexibility index (Phi) is 4.77. The highest BCUT2D eigenvalue weighted by atomic mass is 127. The van der Waals surface area contributed by atoms with E-state index < -0.39 is 5.97 Å². The average molecular weight is 418 g/mol. The molecule has 1 aromatic heterocycles. The predicted molar refractivity (Wildman–Crippen MR) is 87.9 cm³/mol. The first-order valence-corrected chi connectivity index (χ1v) is 8.01. The van der Waals surface area contributed by atoms with Crippen LogP contribution in [0.2, 0.25) is 0 Å². The smallest absolute Gasteiger partial charge is 0.337 e. The van der Waals surface area contributed by atoms with Crippen molar-refractivity contribution in [2.45, 2.75) is 20.3 Å². The van der Waals surface area contributed by atoms with Gasteiger partial charge in [0, 0.05) is 14.9 Å². The number of rotatable bonds is 4. The fraction of sp³-hybridized carbons (Fsp3) is 0.200. The monoisotopic (exact) mass is 418 g/mol. The summed E-state index contributed by atoms with van der Waals surface area (Å²) in [6, 6.07) is 4.82. The molecule has 6 heteroatoms. The molecule has 110 valence electrons. The molecule has 0 bridgehead atoms. The normalized spacial score (nSPS) is 10.7. The summed E-state index contributed by atoms with van der Waals surface area (Å²) in [6.45, 7) is 3.02. The lowest BCUT2D eigenvalue weighted by atomic mass is 10.0. The summed E-state index contributed by atoms with van der Waals surface area (Å²) >= 11 is 3.14. The molecule has 0 saturated heterocycles. The summed E-state index contributed by atoms with van der Waals surface area (Å²) < 4.78 is 14.7. The minimum absolute atomic E-state index is 0.114. The Morgan fingerprint density at radius 2 is 2.05 bits per heavy atom. The number of halogens is 2. The maximum atomic E-state index is 13.9. The van der Waals surface area contributed by atoms with E-state index in [-0.39, 0.29) is 23.6 Å². The second kappa shape index (κ2) is 6.23. The maximum absolute atomic E-state index is 13.9. The van der Waals surface area contributed by atoms with E-state index in [4.69, 9.17) is 0 Å². The van der Waals surface area contributed by atoms with Crippen LogP contribution in [0.25, 0.3) is 0 Å². The van der Waals surface area contributed by atoms with Gasteiger partial charge in [-0.1, -0.05) is 6.07 Å². The first kappa shape index (κ1) is 16.1. The van der Waals surface area contributed by atoms with Crippen LogP contribution in [0.15, 0.2) is 18.2 Å². The maximum Gasteiger partial charge on any atom is 0.337 e. The van der Waals surface area contributed by atoms with Gasteiger partial charge in [-0.2, -0.15) is 0 Å². The third kappa shape index (κ3) is 3.32. The highest BCUT2D eigenvalue weighted by Crippen LogP contribution is 2.31. The van der Waals surface area contributed by atoms with Gasteiger partial charge in [0.15, 0.2) is 5.78 Å². The number of carboxylic acids is 1. The summed E-state index contributed by atoms with van der Waals surface area (Å²) in [5.41, 5.74) is 0.998. The zero-order valence-corrected chi connectivity index (χ0v) is 14.3. The molecule has 3 nitrogen and oxygen atoms in total. The first-order valence-electron chi connectivity index (χ1n) is 6.11. The minimum Gasteiger partial charge on any atom is -0.478 e. The lowest BCUT2D eigenvalue weighted by molar-refractivity contribution is 0.0695. The van der Waals surface area contributed by atoms with E-state index in [1.807, 2.05) is 22.6 Å². The largest absolute Gasteiger partial charge is 0.478 e. The lowest BCUT2D eigenvalue weighted by Crippen LogP contribution is -2.03. The number of hydrogen-bond acceptors (Lipinski definition) is 3. The standard InChI is InChI=1S/C15H12FIO3S/c1-7-13(15(19)20)12(21-14(7)8(2)18)5-9-3-4-10(17)6-11(9)16/h3-4,6H,5H2,1-2H3,(H,19,20). The van der Waals surface area contributed by atoms with Crippen molar-refractivity contribution in [2.24, 2.45) is 0 Å². The van der Waals surface area contributed by atoms with Crippen molar-refractivity contribution in [1.29, 1.82) is 0 Å². The van der Waals surface area contributed by atoms with E-state index in [9.17, 15) is 19.1 Å². The van der Waals surface area contributed by atoms with Crippen LogP contribution in [-0.4, -0.2) is 16.9 Å². The van der Waals surface area contributed by atoms with Gasteiger partial charge in [-0.15, -0.1) is 11.3 Å². The van der Waals surface area contributed by atoms with E-state index >= 15 is 0 Å². The van der Waals surface area contributed by atoms with Crippen LogP contribution in [0.5, 0.6) is 0 Å². The van der Waals surface area contributed by atoms with E-state index in [0.29, 0.717) is 20.9 Å². The molecule has 0 aliphatic carbocycles. The van der Waals surface area contributed by atoms with Gasteiger partial charge >= 0.3 is 5.97 Å². The molecule has 1 N–H and O–H groups in total. The number of Topliss-reactive ketones (excluding diaryl/α,β-unsaturated/α-hetero) is 1. The highest BCUT2D eigenvalue weighted by Gasteiger charge is 2.23. The molecule has 1 aromatic carbocycles. The van der Waals surface area contributed by atoms with E-state index in [1.54, 1.807) is 19.1 Å². The number of thiophene rings is 1. The molecule has 0 atom stereocenters. The van der Waals surface area contributed by atoms with E-state index in [1.165, 1.54) is 13.0 Å². The Morgan fingerprint density at radius 3 is 2.57 bits per heavy atom. The zero-order chi connectivity index (χ0) is 15.7. The Morgan fingerprint density at radius 1 is 1.38 bits per heavy atom. The highest BCUT2D eigenvalue weighted by molar-refractivity contribution is 14.1. The fourth-order valence-corrected chi connectivity index (χ4v) is 3.82. The van der Waals surface area contributed by atoms with Crippen LogP contribution in [0.3, 0.4) is 0 Å². The third-order valence-electron chi connectivity index (χ3n) is 3.12. The Labute approximate surface area is 138 Å². The number of hydrogen-bond donors (Lipinski definition) is 1.